The second-order valence-corrected chi connectivity index (χ2v) is 7.55. The van der Waals surface area contributed by atoms with Crippen molar-refractivity contribution in [1.82, 2.24) is 0 Å². The highest BCUT2D eigenvalue weighted by Crippen LogP contribution is 2.29. The number of fused-ring (bicyclic) bond motifs is 1. The van der Waals surface area contributed by atoms with E-state index in [-0.39, 0.29) is 0 Å². The lowest BCUT2D eigenvalue weighted by molar-refractivity contribution is -0.914. The molecule has 1 atom stereocenters. The standard InChI is InChI=1S/C21H27N5O/c1-2-25-11-8-17-18(13-22)21(26-9-4-3-5-10-26)24-20(19(17)15-25)23-14-16-7-6-12-27-16/h6-7,12H,2-5,8-11,14-15H2,1H3,(H,23,24)/p+2. The number of H-pyrrole nitrogens is 1. The number of aromatic amines is 1. The predicted molar refractivity (Wildman–Crippen MR) is 104 cm³/mol. The Labute approximate surface area is 160 Å². The van der Waals surface area contributed by atoms with Gasteiger partial charge in [0.1, 0.15) is 30.5 Å². The van der Waals surface area contributed by atoms with Gasteiger partial charge >= 0.3 is 0 Å². The largest absolute Gasteiger partial charge is 0.466 e. The van der Waals surface area contributed by atoms with E-state index in [4.69, 9.17) is 4.42 Å². The average Bonchev–Trinajstić information content (AvgIpc) is 3.25. The van der Waals surface area contributed by atoms with Gasteiger partial charge in [-0.05, 0) is 43.9 Å². The molecule has 6 nitrogen and oxygen atoms in total. The van der Waals surface area contributed by atoms with Crippen molar-refractivity contribution >= 4 is 11.6 Å². The topological polar surface area (TPSA) is 70.8 Å². The minimum absolute atomic E-state index is 0.642. The number of pyridine rings is 1. The van der Waals surface area contributed by atoms with Gasteiger partial charge in [-0.25, -0.2) is 4.98 Å². The van der Waals surface area contributed by atoms with Gasteiger partial charge in [0, 0.05) is 6.42 Å². The Morgan fingerprint density at radius 3 is 2.85 bits per heavy atom. The first-order valence-electron chi connectivity index (χ1n) is 10.2. The van der Waals surface area contributed by atoms with Crippen LogP contribution in [0.15, 0.2) is 22.8 Å². The van der Waals surface area contributed by atoms with Gasteiger partial charge < -0.3 is 9.32 Å². The van der Waals surface area contributed by atoms with E-state index in [9.17, 15) is 5.26 Å². The first-order chi connectivity index (χ1) is 13.3. The van der Waals surface area contributed by atoms with Crippen LogP contribution >= 0.6 is 0 Å². The van der Waals surface area contributed by atoms with Gasteiger partial charge in [-0.1, -0.05) is 0 Å². The van der Waals surface area contributed by atoms with Gasteiger partial charge in [0.2, 0.25) is 11.6 Å². The molecule has 4 heterocycles. The fraction of sp³-hybridized carbons (Fsp3) is 0.524. The number of hydrogen-bond donors (Lipinski definition) is 2. The number of nitriles is 1. The molecule has 3 N–H and O–H groups in total. The highest BCUT2D eigenvalue weighted by atomic mass is 16.3. The van der Waals surface area contributed by atoms with Crippen molar-refractivity contribution in [2.24, 2.45) is 0 Å². The third kappa shape index (κ3) is 3.65. The van der Waals surface area contributed by atoms with Gasteiger partial charge in [-0.15, -0.1) is 0 Å². The lowest BCUT2D eigenvalue weighted by Gasteiger charge is -2.29. The molecule has 2 aliphatic rings. The Balaban J connectivity index is 1.73. The van der Waals surface area contributed by atoms with Crippen LogP contribution in [0.1, 0.15) is 48.6 Å². The molecule has 1 saturated heterocycles. The molecule has 0 spiro atoms. The molecular formula is C21H29N5O+2. The van der Waals surface area contributed by atoms with Gasteiger partial charge in [0.05, 0.1) is 38.0 Å². The molecule has 2 aliphatic heterocycles. The number of nitrogens with zero attached hydrogens (tertiary/aromatic N) is 2. The molecule has 6 heteroatoms. The highest BCUT2D eigenvalue weighted by molar-refractivity contribution is 5.61. The summed E-state index contributed by atoms with van der Waals surface area (Å²) in [4.78, 5) is 7.53. The van der Waals surface area contributed by atoms with E-state index < -0.39 is 0 Å². The van der Waals surface area contributed by atoms with Crippen LogP contribution in [0.2, 0.25) is 0 Å². The summed E-state index contributed by atoms with van der Waals surface area (Å²) in [5.74, 6) is 2.96. The van der Waals surface area contributed by atoms with E-state index in [2.05, 4.69) is 28.2 Å². The molecule has 0 amide bonds. The predicted octanol–water partition coefficient (Wildman–Crippen LogP) is 1.53. The summed E-state index contributed by atoms with van der Waals surface area (Å²) in [5, 5.41) is 13.5. The second kappa shape index (κ2) is 8.01. The highest BCUT2D eigenvalue weighted by Gasteiger charge is 2.32. The SMILES string of the molecule is CC[NH+]1CCc2c(C#N)c(N3CCCCC3)[nH+]c(NCc3ccco3)c2C1. The quantitative estimate of drug-likeness (QED) is 0.841. The lowest BCUT2D eigenvalue weighted by atomic mass is 9.95. The number of hydrogen-bond acceptors (Lipinski definition) is 4. The van der Waals surface area contributed by atoms with Crippen LogP contribution in [0.25, 0.3) is 0 Å². The molecule has 1 fully saturated rings. The first kappa shape index (κ1) is 17.9. The number of rotatable bonds is 5. The number of likely N-dealkylation sites (N-methyl/N-ethyl adjacent to an activating group) is 1. The molecule has 1 unspecified atom stereocenters. The number of quaternary nitrogens is 1. The monoisotopic (exact) mass is 367 g/mol. The molecule has 0 aliphatic carbocycles. The van der Waals surface area contributed by atoms with E-state index in [1.54, 1.807) is 11.2 Å². The van der Waals surface area contributed by atoms with Crippen LogP contribution in [0.3, 0.4) is 0 Å². The van der Waals surface area contributed by atoms with Crippen LogP contribution in [-0.4, -0.2) is 26.2 Å². The van der Waals surface area contributed by atoms with E-state index in [0.29, 0.717) is 6.54 Å². The summed E-state index contributed by atoms with van der Waals surface area (Å²) in [5.41, 5.74) is 3.35. The summed E-state index contributed by atoms with van der Waals surface area (Å²) in [7, 11) is 0. The zero-order chi connectivity index (χ0) is 18.6. The van der Waals surface area contributed by atoms with Crippen LogP contribution in [0.4, 0.5) is 11.6 Å². The van der Waals surface area contributed by atoms with Crippen LogP contribution in [0.5, 0.6) is 0 Å². The Hall–Kier alpha value is -2.52. The van der Waals surface area contributed by atoms with E-state index >= 15 is 0 Å². The summed E-state index contributed by atoms with van der Waals surface area (Å²) in [6.07, 6.45) is 6.34. The maximum atomic E-state index is 9.96. The van der Waals surface area contributed by atoms with Crippen molar-refractivity contribution in [3.63, 3.8) is 0 Å². The van der Waals surface area contributed by atoms with Gasteiger partial charge in [-0.3, -0.25) is 10.2 Å². The Bertz CT molecular complexity index is 818. The molecular weight excluding hydrogens is 338 g/mol. The number of piperidine rings is 1. The number of aromatic nitrogens is 1. The summed E-state index contributed by atoms with van der Waals surface area (Å²) in [6, 6.07) is 6.42. The molecule has 0 bridgehead atoms. The summed E-state index contributed by atoms with van der Waals surface area (Å²) in [6.45, 7) is 8.07. The Morgan fingerprint density at radius 2 is 2.15 bits per heavy atom. The smallest absolute Gasteiger partial charge is 0.240 e. The van der Waals surface area contributed by atoms with E-state index in [0.717, 1.165) is 62.1 Å². The third-order valence-electron chi connectivity index (χ3n) is 5.91. The molecule has 4 rings (SSSR count). The average molecular weight is 367 g/mol. The van der Waals surface area contributed by atoms with E-state index in [1.165, 1.54) is 30.4 Å². The zero-order valence-corrected chi connectivity index (χ0v) is 16.1. The second-order valence-electron chi connectivity index (χ2n) is 7.55. The molecule has 27 heavy (non-hydrogen) atoms. The summed E-state index contributed by atoms with van der Waals surface area (Å²) >= 11 is 0. The zero-order valence-electron chi connectivity index (χ0n) is 16.1. The fourth-order valence-corrected chi connectivity index (χ4v) is 4.33. The number of nitrogens with one attached hydrogen (secondary N) is 3. The Morgan fingerprint density at radius 1 is 1.30 bits per heavy atom. The molecule has 0 saturated carbocycles. The minimum atomic E-state index is 0.642. The van der Waals surface area contributed by atoms with Crippen LogP contribution in [-0.2, 0) is 19.5 Å². The number of anilines is 2. The van der Waals surface area contributed by atoms with E-state index in [1.807, 2.05) is 12.1 Å². The third-order valence-corrected chi connectivity index (χ3v) is 5.91. The maximum Gasteiger partial charge on any atom is 0.240 e. The van der Waals surface area contributed by atoms with Gasteiger partial charge in [-0.2, -0.15) is 5.26 Å². The first-order valence-corrected chi connectivity index (χ1v) is 10.2. The normalized spacial score (nSPS) is 19.4. The maximum absolute atomic E-state index is 9.96. The van der Waals surface area contributed by atoms with Crippen molar-refractivity contribution in [1.29, 1.82) is 5.26 Å². The van der Waals surface area contributed by atoms with Crippen molar-refractivity contribution in [2.75, 3.05) is 36.4 Å². The lowest BCUT2D eigenvalue weighted by Crippen LogP contribution is -3.11. The molecule has 2 aromatic heterocycles. The molecule has 0 aromatic carbocycles. The van der Waals surface area contributed by atoms with Crippen molar-refractivity contribution in [2.45, 2.75) is 45.7 Å². The van der Waals surface area contributed by atoms with Crippen molar-refractivity contribution in [3.8, 4) is 6.07 Å². The Kier molecular flexibility index (Phi) is 5.30. The van der Waals surface area contributed by atoms with Crippen molar-refractivity contribution in [3.05, 3.63) is 40.8 Å². The van der Waals surface area contributed by atoms with Crippen LogP contribution < -0.4 is 20.1 Å². The number of furan rings is 1. The summed E-state index contributed by atoms with van der Waals surface area (Å²) < 4.78 is 5.49. The fourth-order valence-electron chi connectivity index (χ4n) is 4.33. The van der Waals surface area contributed by atoms with Crippen molar-refractivity contribution < 1.29 is 14.3 Å². The van der Waals surface area contributed by atoms with Gasteiger partial charge in [0.25, 0.3) is 0 Å². The van der Waals surface area contributed by atoms with Crippen LogP contribution in [0, 0.1) is 11.3 Å². The molecule has 142 valence electrons. The minimum Gasteiger partial charge on any atom is -0.466 e. The molecule has 2 aromatic rings. The molecule has 0 radical (unpaired) electrons. The van der Waals surface area contributed by atoms with Gasteiger partial charge in [0.15, 0.2) is 0 Å².